The Labute approximate surface area is 61.5 Å². The predicted molar refractivity (Wildman–Crippen MR) is 41.4 cm³/mol. The van der Waals surface area contributed by atoms with Gasteiger partial charge < -0.3 is 10.8 Å². The number of amides is 1. The number of hydrogen-bond acceptors (Lipinski definition) is 2. The summed E-state index contributed by atoms with van der Waals surface area (Å²) in [5, 5.41) is 8.06. The third-order valence-electron chi connectivity index (χ3n) is 0.421. The third kappa shape index (κ3) is 27.2. The molecule has 0 unspecified atom stereocenters. The molecule has 0 aromatic carbocycles. The molecule has 0 saturated carbocycles. The van der Waals surface area contributed by atoms with Crippen molar-refractivity contribution in [3.63, 3.8) is 0 Å². The number of nitrogens with two attached hydrogens (primary N) is 1. The Kier molecular flexibility index (Phi) is 7.49. The van der Waals surface area contributed by atoms with Crippen molar-refractivity contribution in [2.75, 3.05) is 0 Å². The van der Waals surface area contributed by atoms with E-state index in [1.54, 1.807) is 20.8 Å². The zero-order chi connectivity index (χ0) is 8.73. The molecular weight excluding hydrogens is 130 g/mol. The molecule has 0 fully saturated rings. The first-order chi connectivity index (χ1) is 4.37. The molecule has 0 bridgehead atoms. The Morgan fingerprint density at radius 2 is 1.70 bits per heavy atom. The highest BCUT2D eigenvalue weighted by Crippen LogP contribution is 1.78. The van der Waals surface area contributed by atoms with Crippen LogP contribution < -0.4 is 5.73 Å². The number of carbonyl (C=O) groups is 1. The summed E-state index contributed by atoms with van der Waals surface area (Å²) in [5.41, 5.74) is 5.09. The SMILES string of the molecule is C=C(C)C(N)=O.CC(C)O. The van der Waals surface area contributed by atoms with E-state index < -0.39 is 5.91 Å². The summed E-state index contributed by atoms with van der Waals surface area (Å²) in [5.74, 6) is -0.435. The van der Waals surface area contributed by atoms with Gasteiger partial charge in [-0.25, -0.2) is 0 Å². The minimum absolute atomic E-state index is 0.167. The number of rotatable bonds is 1. The van der Waals surface area contributed by atoms with Crippen LogP contribution in [0.1, 0.15) is 20.8 Å². The molecule has 10 heavy (non-hydrogen) atoms. The Morgan fingerprint density at radius 3 is 1.70 bits per heavy atom. The fourth-order valence-electron chi connectivity index (χ4n) is 0. The summed E-state index contributed by atoms with van der Waals surface area (Å²) in [6, 6.07) is 0. The van der Waals surface area contributed by atoms with Crippen molar-refractivity contribution in [1.29, 1.82) is 0 Å². The first-order valence-electron chi connectivity index (χ1n) is 3.01. The maximum Gasteiger partial charge on any atom is 0.243 e. The lowest BCUT2D eigenvalue weighted by Gasteiger charge is -1.81. The molecule has 3 nitrogen and oxygen atoms in total. The first-order valence-corrected chi connectivity index (χ1v) is 3.01. The summed E-state index contributed by atoms with van der Waals surface area (Å²) in [4.78, 5) is 9.82. The smallest absolute Gasteiger partial charge is 0.243 e. The molecule has 3 heteroatoms. The number of carbonyl (C=O) groups excluding carboxylic acids is 1. The van der Waals surface area contributed by atoms with Crippen LogP contribution >= 0.6 is 0 Å². The molecular formula is C7H15NO2. The summed E-state index contributed by atoms with van der Waals surface area (Å²) in [7, 11) is 0. The summed E-state index contributed by atoms with van der Waals surface area (Å²) < 4.78 is 0. The van der Waals surface area contributed by atoms with Crippen LogP contribution in [-0.2, 0) is 4.79 Å². The lowest BCUT2D eigenvalue weighted by atomic mass is 10.3. The molecule has 1 amide bonds. The fourth-order valence-corrected chi connectivity index (χ4v) is 0. The van der Waals surface area contributed by atoms with Crippen LogP contribution in [-0.4, -0.2) is 17.1 Å². The quantitative estimate of drug-likeness (QED) is 0.526. The second-order valence-electron chi connectivity index (χ2n) is 2.24. The van der Waals surface area contributed by atoms with Crippen LogP contribution in [0.25, 0.3) is 0 Å². The molecule has 0 aromatic heterocycles. The second kappa shape index (κ2) is 6.29. The fraction of sp³-hybridized carbons (Fsp3) is 0.571. The molecule has 3 N–H and O–H groups in total. The minimum Gasteiger partial charge on any atom is -0.394 e. The minimum atomic E-state index is -0.435. The van der Waals surface area contributed by atoms with Crippen molar-refractivity contribution in [2.24, 2.45) is 5.73 Å². The van der Waals surface area contributed by atoms with Crippen LogP contribution in [0, 0.1) is 0 Å². The third-order valence-corrected chi connectivity index (χ3v) is 0.421. The molecule has 0 aliphatic carbocycles. The van der Waals surface area contributed by atoms with Crippen molar-refractivity contribution in [1.82, 2.24) is 0 Å². The largest absolute Gasteiger partial charge is 0.394 e. The molecule has 0 spiro atoms. The first kappa shape index (κ1) is 11.9. The van der Waals surface area contributed by atoms with Gasteiger partial charge in [0.25, 0.3) is 0 Å². The lowest BCUT2D eigenvalue weighted by molar-refractivity contribution is -0.114. The zero-order valence-electron chi connectivity index (χ0n) is 6.72. The van der Waals surface area contributed by atoms with Crippen molar-refractivity contribution in [3.8, 4) is 0 Å². The average Bonchev–Trinajstić information content (AvgIpc) is 1.63. The van der Waals surface area contributed by atoms with Gasteiger partial charge in [-0.05, 0) is 20.8 Å². The van der Waals surface area contributed by atoms with Gasteiger partial charge in [0.05, 0.1) is 0 Å². The van der Waals surface area contributed by atoms with E-state index in [9.17, 15) is 4.79 Å². The molecule has 0 aromatic rings. The highest BCUT2D eigenvalue weighted by Gasteiger charge is 1.86. The van der Waals surface area contributed by atoms with E-state index in [1.165, 1.54) is 0 Å². The van der Waals surface area contributed by atoms with Crippen molar-refractivity contribution in [3.05, 3.63) is 12.2 Å². The molecule has 0 radical (unpaired) electrons. The maximum absolute atomic E-state index is 9.82. The second-order valence-corrected chi connectivity index (χ2v) is 2.24. The standard InChI is InChI=1S/C4H7NO.C3H8O/c1-3(2)4(5)6;1-3(2)4/h1H2,2H3,(H2,5,6);3-4H,1-2H3. The number of aliphatic hydroxyl groups excluding tert-OH is 1. The van der Waals surface area contributed by atoms with Gasteiger partial charge in [-0.2, -0.15) is 0 Å². The highest BCUT2D eigenvalue weighted by molar-refractivity contribution is 5.90. The van der Waals surface area contributed by atoms with Gasteiger partial charge >= 0.3 is 0 Å². The highest BCUT2D eigenvalue weighted by atomic mass is 16.3. The normalized spacial score (nSPS) is 8.10. The predicted octanol–water partition coefficient (Wildman–Crippen LogP) is 0.435. The number of aliphatic hydroxyl groups is 1. The van der Waals surface area contributed by atoms with Crippen LogP contribution in [0.4, 0.5) is 0 Å². The summed E-state index contributed by atoms with van der Waals surface area (Å²) in [6.45, 7) is 8.30. The Hall–Kier alpha value is -0.830. The molecule has 0 saturated heterocycles. The molecule has 0 aliphatic rings. The van der Waals surface area contributed by atoms with Gasteiger partial charge in [0.2, 0.25) is 5.91 Å². The topological polar surface area (TPSA) is 63.3 Å². The van der Waals surface area contributed by atoms with Crippen molar-refractivity contribution in [2.45, 2.75) is 26.9 Å². The van der Waals surface area contributed by atoms with E-state index in [4.69, 9.17) is 10.8 Å². The van der Waals surface area contributed by atoms with Gasteiger partial charge in [-0.1, -0.05) is 6.58 Å². The number of primary amides is 1. The summed E-state index contributed by atoms with van der Waals surface area (Å²) in [6.07, 6.45) is -0.167. The van der Waals surface area contributed by atoms with E-state index in [1.807, 2.05) is 0 Å². The molecule has 0 atom stereocenters. The van der Waals surface area contributed by atoms with Gasteiger partial charge in [0, 0.05) is 11.7 Å². The monoisotopic (exact) mass is 145 g/mol. The molecule has 0 rings (SSSR count). The van der Waals surface area contributed by atoms with E-state index in [0.717, 1.165) is 0 Å². The lowest BCUT2D eigenvalue weighted by Crippen LogP contribution is -2.10. The molecule has 0 heterocycles. The van der Waals surface area contributed by atoms with Crippen LogP contribution in [0.15, 0.2) is 12.2 Å². The van der Waals surface area contributed by atoms with Gasteiger partial charge in [-0.15, -0.1) is 0 Å². The van der Waals surface area contributed by atoms with Gasteiger partial charge in [0.1, 0.15) is 0 Å². The molecule has 0 aliphatic heterocycles. The van der Waals surface area contributed by atoms with Gasteiger partial charge in [-0.3, -0.25) is 4.79 Å². The molecule has 60 valence electrons. The Morgan fingerprint density at radius 1 is 1.60 bits per heavy atom. The number of hydrogen-bond donors (Lipinski definition) is 2. The van der Waals surface area contributed by atoms with E-state index in [2.05, 4.69) is 6.58 Å². The van der Waals surface area contributed by atoms with E-state index in [-0.39, 0.29) is 6.10 Å². The van der Waals surface area contributed by atoms with Crippen LogP contribution in [0.5, 0.6) is 0 Å². The Balaban J connectivity index is 0. The average molecular weight is 145 g/mol. The van der Waals surface area contributed by atoms with Crippen molar-refractivity contribution >= 4 is 5.91 Å². The zero-order valence-corrected chi connectivity index (χ0v) is 6.72. The van der Waals surface area contributed by atoms with E-state index >= 15 is 0 Å². The van der Waals surface area contributed by atoms with E-state index in [0.29, 0.717) is 5.57 Å². The maximum atomic E-state index is 9.82. The van der Waals surface area contributed by atoms with Crippen LogP contribution in [0.3, 0.4) is 0 Å². The van der Waals surface area contributed by atoms with Crippen LogP contribution in [0.2, 0.25) is 0 Å². The van der Waals surface area contributed by atoms with Gasteiger partial charge in [0.15, 0.2) is 0 Å². The van der Waals surface area contributed by atoms with Crippen molar-refractivity contribution < 1.29 is 9.90 Å². The Bertz CT molecular complexity index is 104. The summed E-state index contributed by atoms with van der Waals surface area (Å²) >= 11 is 0.